The van der Waals surface area contributed by atoms with Crippen LogP contribution in [0.5, 0.6) is 0 Å². The fourth-order valence-electron chi connectivity index (χ4n) is 3.53. The molecule has 142 valence electrons. The Bertz CT molecular complexity index is 798. The van der Waals surface area contributed by atoms with E-state index in [4.69, 9.17) is 19.4 Å². The second-order valence-electron chi connectivity index (χ2n) is 7.95. The molecule has 5 nitrogen and oxygen atoms in total. The Balaban J connectivity index is 1.73. The first-order valence-corrected chi connectivity index (χ1v) is 11.1. The Hall–Kier alpha value is -0.890. The van der Waals surface area contributed by atoms with Gasteiger partial charge in [0.1, 0.15) is 10.6 Å². The third-order valence-corrected chi connectivity index (χ3v) is 6.74. The number of anilines is 1. The average Bonchev–Trinajstić information content (AvgIpc) is 3.18. The minimum absolute atomic E-state index is 0.141. The molecule has 1 atom stereocenters. The van der Waals surface area contributed by atoms with Gasteiger partial charge in [-0.3, -0.25) is 0 Å². The van der Waals surface area contributed by atoms with E-state index in [1.165, 1.54) is 15.8 Å². The molecule has 1 unspecified atom stereocenters. The van der Waals surface area contributed by atoms with Crippen molar-refractivity contribution in [3.05, 3.63) is 10.4 Å². The normalized spacial score (nSPS) is 22.1. The summed E-state index contributed by atoms with van der Waals surface area (Å²) < 4.78 is 11.8. The average molecular weight is 394 g/mol. The summed E-state index contributed by atoms with van der Waals surface area (Å²) in [5.74, 6) is 0.962. The maximum Gasteiger partial charge on any atom is 0.191 e. The summed E-state index contributed by atoms with van der Waals surface area (Å²) in [4.78, 5) is 12.1. The van der Waals surface area contributed by atoms with Crippen molar-refractivity contribution in [3.63, 3.8) is 0 Å². The third-order valence-electron chi connectivity index (χ3n) is 4.77. The molecule has 1 N–H and O–H groups in total. The first-order chi connectivity index (χ1) is 12.4. The number of hydrogen-bond donors (Lipinski definition) is 1. The lowest BCUT2D eigenvalue weighted by Crippen LogP contribution is -2.31. The second-order valence-corrected chi connectivity index (χ2v) is 10.6. The van der Waals surface area contributed by atoms with Gasteiger partial charge in [0.25, 0.3) is 0 Å². The SMILES string of the molecule is CC(C)Sc1nc(NCC2CCCO2)c2c3c(sc2n1)COC(C)(C)C3. The van der Waals surface area contributed by atoms with Crippen molar-refractivity contribution in [1.82, 2.24) is 9.97 Å². The highest BCUT2D eigenvalue weighted by atomic mass is 32.2. The number of nitrogens with zero attached hydrogens (tertiary/aromatic N) is 2. The van der Waals surface area contributed by atoms with E-state index in [-0.39, 0.29) is 11.7 Å². The van der Waals surface area contributed by atoms with Crippen LogP contribution in [-0.4, -0.2) is 40.1 Å². The van der Waals surface area contributed by atoms with Crippen LogP contribution in [0.1, 0.15) is 51.0 Å². The summed E-state index contributed by atoms with van der Waals surface area (Å²) in [6.45, 7) is 11.0. The number of rotatable bonds is 5. The van der Waals surface area contributed by atoms with Crippen LogP contribution < -0.4 is 5.32 Å². The molecular weight excluding hydrogens is 366 g/mol. The van der Waals surface area contributed by atoms with Crippen molar-refractivity contribution in [3.8, 4) is 0 Å². The van der Waals surface area contributed by atoms with E-state index in [1.807, 2.05) is 0 Å². The number of thiophene rings is 1. The van der Waals surface area contributed by atoms with Gasteiger partial charge in [-0.2, -0.15) is 0 Å². The standard InChI is InChI=1S/C19H27N3O2S2/c1-11(2)25-18-21-16(20-9-12-6-5-7-23-12)15-13-8-19(3,4)24-10-14(13)26-17(15)22-18/h11-12H,5-10H2,1-4H3,(H,20,21,22). The Kier molecular flexibility index (Phi) is 5.16. The van der Waals surface area contributed by atoms with Crippen LogP contribution in [0.2, 0.25) is 0 Å². The van der Waals surface area contributed by atoms with Gasteiger partial charge in [-0.05, 0) is 32.3 Å². The topological polar surface area (TPSA) is 56.3 Å². The molecule has 2 aromatic heterocycles. The number of ether oxygens (including phenoxy) is 2. The Morgan fingerprint density at radius 2 is 2.19 bits per heavy atom. The molecule has 1 fully saturated rings. The Labute approximate surface area is 163 Å². The van der Waals surface area contributed by atoms with E-state index >= 15 is 0 Å². The predicted octanol–water partition coefficient (Wildman–Crippen LogP) is 4.63. The number of fused-ring (bicyclic) bond motifs is 3. The summed E-state index contributed by atoms with van der Waals surface area (Å²) in [5, 5.41) is 6.07. The van der Waals surface area contributed by atoms with E-state index in [2.05, 4.69) is 33.0 Å². The van der Waals surface area contributed by atoms with Crippen molar-refractivity contribution in [2.24, 2.45) is 0 Å². The number of thioether (sulfide) groups is 1. The van der Waals surface area contributed by atoms with Gasteiger partial charge in [0.15, 0.2) is 5.16 Å². The van der Waals surface area contributed by atoms with Crippen LogP contribution in [0.15, 0.2) is 5.16 Å². The molecule has 7 heteroatoms. The van der Waals surface area contributed by atoms with Crippen LogP contribution in [-0.2, 0) is 22.5 Å². The first kappa shape index (κ1) is 18.5. The lowest BCUT2D eigenvalue weighted by Gasteiger charge is -2.30. The summed E-state index contributed by atoms with van der Waals surface area (Å²) >= 11 is 3.47. The highest BCUT2D eigenvalue weighted by Gasteiger charge is 2.31. The van der Waals surface area contributed by atoms with E-state index in [1.54, 1.807) is 23.1 Å². The van der Waals surface area contributed by atoms with E-state index in [0.29, 0.717) is 11.9 Å². The van der Waals surface area contributed by atoms with Crippen molar-refractivity contribution in [2.75, 3.05) is 18.5 Å². The van der Waals surface area contributed by atoms with Gasteiger partial charge in [0, 0.05) is 29.7 Å². The molecular formula is C19H27N3O2S2. The number of nitrogens with one attached hydrogen (secondary N) is 1. The third kappa shape index (κ3) is 3.86. The molecule has 2 aromatic rings. The molecule has 0 aromatic carbocycles. The van der Waals surface area contributed by atoms with Crippen LogP contribution in [0.25, 0.3) is 10.2 Å². The van der Waals surface area contributed by atoms with E-state index < -0.39 is 0 Å². The minimum Gasteiger partial charge on any atom is -0.376 e. The van der Waals surface area contributed by atoms with Crippen LogP contribution in [0.4, 0.5) is 5.82 Å². The zero-order valence-electron chi connectivity index (χ0n) is 15.9. The van der Waals surface area contributed by atoms with Gasteiger partial charge in [-0.15, -0.1) is 11.3 Å². The highest BCUT2D eigenvalue weighted by molar-refractivity contribution is 7.99. The smallest absolute Gasteiger partial charge is 0.191 e. The van der Waals surface area contributed by atoms with Crippen molar-refractivity contribution >= 4 is 39.1 Å². The molecule has 26 heavy (non-hydrogen) atoms. The zero-order valence-corrected chi connectivity index (χ0v) is 17.6. The van der Waals surface area contributed by atoms with Crippen LogP contribution in [0.3, 0.4) is 0 Å². The van der Waals surface area contributed by atoms with Gasteiger partial charge >= 0.3 is 0 Å². The molecule has 0 aliphatic carbocycles. The van der Waals surface area contributed by atoms with E-state index in [0.717, 1.165) is 48.2 Å². The molecule has 4 rings (SSSR count). The summed E-state index contributed by atoms with van der Waals surface area (Å²) in [6.07, 6.45) is 3.46. The summed E-state index contributed by atoms with van der Waals surface area (Å²) in [7, 11) is 0. The zero-order chi connectivity index (χ0) is 18.3. The fraction of sp³-hybridized carbons (Fsp3) is 0.684. The molecule has 0 amide bonds. The molecule has 0 bridgehead atoms. The summed E-state index contributed by atoms with van der Waals surface area (Å²) in [6, 6.07) is 0. The lowest BCUT2D eigenvalue weighted by atomic mass is 9.94. The van der Waals surface area contributed by atoms with Gasteiger partial charge in [-0.1, -0.05) is 25.6 Å². The first-order valence-electron chi connectivity index (χ1n) is 9.40. The monoisotopic (exact) mass is 393 g/mol. The maximum atomic E-state index is 6.01. The van der Waals surface area contributed by atoms with E-state index in [9.17, 15) is 0 Å². The molecule has 1 saturated heterocycles. The minimum atomic E-state index is -0.141. The predicted molar refractivity (Wildman–Crippen MR) is 108 cm³/mol. The molecule has 2 aliphatic rings. The maximum absolute atomic E-state index is 6.01. The van der Waals surface area contributed by atoms with Gasteiger partial charge < -0.3 is 14.8 Å². The van der Waals surface area contributed by atoms with Crippen molar-refractivity contribution < 1.29 is 9.47 Å². The van der Waals surface area contributed by atoms with Crippen molar-refractivity contribution in [1.29, 1.82) is 0 Å². The number of hydrogen-bond acceptors (Lipinski definition) is 7. The van der Waals surface area contributed by atoms with Gasteiger partial charge in [0.05, 0.1) is 23.7 Å². The van der Waals surface area contributed by atoms with Crippen LogP contribution >= 0.6 is 23.1 Å². The molecule has 0 spiro atoms. The fourth-order valence-corrected chi connectivity index (χ4v) is 5.40. The Morgan fingerprint density at radius 1 is 1.35 bits per heavy atom. The van der Waals surface area contributed by atoms with Crippen LogP contribution in [0, 0.1) is 0 Å². The molecule has 0 saturated carbocycles. The quantitative estimate of drug-likeness (QED) is 0.590. The number of aromatic nitrogens is 2. The van der Waals surface area contributed by atoms with Gasteiger partial charge in [-0.25, -0.2) is 9.97 Å². The Morgan fingerprint density at radius 3 is 2.92 bits per heavy atom. The molecule has 4 heterocycles. The molecule has 0 radical (unpaired) electrons. The molecule has 2 aliphatic heterocycles. The summed E-state index contributed by atoms with van der Waals surface area (Å²) in [5.41, 5.74) is 1.22. The lowest BCUT2D eigenvalue weighted by molar-refractivity contribution is -0.0379. The highest BCUT2D eigenvalue weighted by Crippen LogP contribution is 2.41. The second kappa shape index (κ2) is 7.26. The van der Waals surface area contributed by atoms with Crippen molar-refractivity contribution in [2.45, 2.75) is 75.7 Å². The largest absolute Gasteiger partial charge is 0.376 e. The van der Waals surface area contributed by atoms with Gasteiger partial charge in [0.2, 0.25) is 0 Å².